The summed E-state index contributed by atoms with van der Waals surface area (Å²) in [6.45, 7) is 5.95. The third-order valence-corrected chi connectivity index (χ3v) is 6.65. The maximum Gasteiger partial charge on any atom is 0.311 e. The average Bonchev–Trinajstić information content (AvgIpc) is 2.88. The highest BCUT2D eigenvalue weighted by atomic mass is 16.5. The van der Waals surface area contributed by atoms with Crippen LogP contribution in [0.25, 0.3) is 22.7 Å². The van der Waals surface area contributed by atoms with E-state index in [1.165, 1.54) is 0 Å². The molecule has 0 saturated heterocycles. The molecule has 2 aliphatic rings. The number of fused-ring (bicyclic) bond motifs is 3. The van der Waals surface area contributed by atoms with Crippen LogP contribution in [0.5, 0.6) is 0 Å². The second-order valence-electron chi connectivity index (χ2n) is 9.52. The zero-order chi connectivity index (χ0) is 26.5. The molecule has 2 aromatic rings. The van der Waals surface area contributed by atoms with Crippen molar-refractivity contribution in [3.8, 4) is 0 Å². The molecule has 37 heavy (non-hydrogen) atoms. The highest BCUT2D eigenvalue weighted by Gasteiger charge is 2.37. The molecule has 0 heterocycles. The van der Waals surface area contributed by atoms with Gasteiger partial charge in [-0.2, -0.15) is 0 Å². The predicted molar refractivity (Wildman–Crippen MR) is 140 cm³/mol. The van der Waals surface area contributed by atoms with Crippen molar-refractivity contribution < 1.29 is 28.7 Å². The Bertz CT molecular complexity index is 1530. The van der Waals surface area contributed by atoms with Crippen molar-refractivity contribution >= 4 is 46.2 Å². The summed E-state index contributed by atoms with van der Waals surface area (Å²) in [6, 6.07) is 12.2. The number of aryl methyl sites for hydroxylation is 1. The lowest BCUT2D eigenvalue weighted by Crippen LogP contribution is -2.47. The normalized spacial score (nSPS) is 14.2. The van der Waals surface area contributed by atoms with Crippen molar-refractivity contribution in [2.75, 3.05) is 0 Å². The predicted octanol–water partition coefficient (Wildman–Crippen LogP) is 2.63. The lowest BCUT2D eigenvalue weighted by molar-refractivity contribution is -0.139. The fourth-order valence-electron chi connectivity index (χ4n) is 4.75. The van der Waals surface area contributed by atoms with Crippen LogP contribution in [-0.4, -0.2) is 23.5 Å². The van der Waals surface area contributed by atoms with E-state index in [0.717, 1.165) is 31.2 Å². The van der Waals surface area contributed by atoms with Crippen LogP contribution in [-0.2, 0) is 28.7 Å². The molecule has 0 atom stereocenters. The Hall–Kier alpha value is -3.80. The summed E-state index contributed by atoms with van der Waals surface area (Å²) >= 11 is 0. The van der Waals surface area contributed by atoms with E-state index in [4.69, 9.17) is 9.47 Å². The van der Waals surface area contributed by atoms with E-state index >= 15 is 0 Å². The summed E-state index contributed by atoms with van der Waals surface area (Å²) in [5.74, 6) is -2.14. The molecular weight excluding hydrogens is 468 g/mol. The van der Waals surface area contributed by atoms with Gasteiger partial charge in [0.2, 0.25) is 11.6 Å². The zero-order valence-corrected chi connectivity index (χ0v) is 21.6. The molecule has 0 radical (unpaired) electrons. The van der Waals surface area contributed by atoms with Crippen molar-refractivity contribution in [3.05, 3.63) is 68.9 Å². The summed E-state index contributed by atoms with van der Waals surface area (Å²) in [5.41, 5.74) is 1.19. The van der Waals surface area contributed by atoms with E-state index < -0.39 is 23.5 Å². The molecule has 0 aromatic heterocycles. The van der Waals surface area contributed by atoms with Gasteiger partial charge in [0.1, 0.15) is 0 Å². The number of benzene rings is 2. The van der Waals surface area contributed by atoms with Gasteiger partial charge in [-0.3, -0.25) is 19.2 Å². The monoisotopic (exact) mass is 500 g/mol. The molecule has 6 heteroatoms. The van der Waals surface area contributed by atoms with Gasteiger partial charge in [0.15, 0.2) is 11.5 Å². The maximum atomic E-state index is 13.9. The molecular formula is C31H32O6. The Labute approximate surface area is 216 Å². The van der Waals surface area contributed by atoms with Gasteiger partial charge >= 0.3 is 11.9 Å². The fraction of sp³-hybridized carbons (Fsp3) is 0.355. The van der Waals surface area contributed by atoms with E-state index in [2.05, 4.69) is 0 Å². The number of unbranched alkanes of at least 4 members (excludes halogenated alkanes) is 4. The van der Waals surface area contributed by atoms with Crippen molar-refractivity contribution in [1.29, 1.82) is 0 Å². The SMILES string of the molecule is CCCCCC(=O)OC1=c2ccccc2=C2C(=O)C(OC(=O)CCCCC)=c3cc(C)ccc3=C2C1=O. The third kappa shape index (κ3) is 5.33. The van der Waals surface area contributed by atoms with Crippen LogP contribution >= 0.6 is 0 Å². The molecule has 0 saturated carbocycles. The zero-order valence-electron chi connectivity index (χ0n) is 21.6. The van der Waals surface area contributed by atoms with Crippen LogP contribution in [0.4, 0.5) is 0 Å². The van der Waals surface area contributed by atoms with Crippen molar-refractivity contribution in [2.45, 2.75) is 72.1 Å². The number of carbonyl (C=O) groups excluding carboxylic acids is 4. The number of hydrogen-bond donors (Lipinski definition) is 0. The number of hydrogen-bond acceptors (Lipinski definition) is 6. The lowest BCUT2D eigenvalue weighted by Gasteiger charge is -2.22. The molecule has 4 rings (SSSR count). The quantitative estimate of drug-likeness (QED) is 0.368. The van der Waals surface area contributed by atoms with Crippen molar-refractivity contribution in [1.82, 2.24) is 0 Å². The molecule has 0 N–H and O–H groups in total. The minimum Gasteiger partial charge on any atom is -0.422 e. The van der Waals surface area contributed by atoms with Gasteiger partial charge in [-0.1, -0.05) is 81.5 Å². The highest BCUT2D eigenvalue weighted by Crippen LogP contribution is 2.26. The number of ether oxygens (including phenoxy) is 2. The lowest BCUT2D eigenvalue weighted by atomic mass is 9.83. The minimum absolute atomic E-state index is 0.0680. The number of rotatable bonds is 10. The summed E-state index contributed by atoms with van der Waals surface area (Å²) in [4.78, 5) is 52.9. The second-order valence-corrected chi connectivity index (χ2v) is 9.52. The molecule has 2 aliphatic carbocycles. The van der Waals surface area contributed by atoms with Crippen molar-refractivity contribution in [2.24, 2.45) is 0 Å². The van der Waals surface area contributed by atoms with E-state index in [9.17, 15) is 19.2 Å². The van der Waals surface area contributed by atoms with Gasteiger partial charge in [-0.15, -0.1) is 0 Å². The fourth-order valence-corrected chi connectivity index (χ4v) is 4.75. The molecule has 0 unspecified atom stereocenters. The van der Waals surface area contributed by atoms with E-state index in [-0.39, 0.29) is 35.5 Å². The minimum atomic E-state index is -0.524. The standard InChI is InChI=1S/C31H32O6/c1-4-6-8-14-24(32)36-30-22-13-11-10-12-20(22)26-27(28(30)34)21-17-16-19(3)18-23(21)31(29(26)35)37-25(33)15-9-7-5-2/h10-13,16-18H,4-9,14-15H2,1-3H3. The number of ketones is 2. The first kappa shape index (κ1) is 26.3. The van der Waals surface area contributed by atoms with Crippen LogP contribution in [0.15, 0.2) is 42.5 Å². The summed E-state index contributed by atoms with van der Waals surface area (Å²) in [7, 11) is 0. The highest BCUT2D eigenvalue weighted by molar-refractivity contribution is 6.58. The Morgan fingerprint density at radius 1 is 0.649 bits per heavy atom. The first-order valence-corrected chi connectivity index (χ1v) is 13.1. The molecule has 192 valence electrons. The number of esters is 2. The molecule has 0 aliphatic heterocycles. The summed E-state index contributed by atoms with van der Waals surface area (Å²) in [6.07, 6.45) is 5.47. The van der Waals surface area contributed by atoms with E-state index in [1.54, 1.807) is 36.4 Å². The molecule has 6 nitrogen and oxygen atoms in total. The Balaban J connectivity index is 1.91. The van der Waals surface area contributed by atoms with Gasteiger partial charge in [0, 0.05) is 34.4 Å². The van der Waals surface area contributed by atoms with Crippen LogP contribution in [0.2, 0.25) is 0 Å². The van der Waals surface area contributed by atoms with Gasteiger partial charge in [0.25, 0.3) is 0 Å². The number of carbonyl (C=O) groups is 4. The van der Waals surface area contributed by atoms with Gasteiger partial charge in [-0.25, -0.2) is 0 Å². The first-order chi connectivity index (χ1) is 17.9. The first-order valence-electron chi connectivity index (χ1n) is 13.1. The third-order valence-electron chi connectivity index (χ3n) is 6.65. The van der Waals surface area contributed by atoms with Crippen LogP contribution < -0.4 is 20.9 Å². The topological polar surface area (TPSA) is 86.7 Å². The smallest absolute Gasteiger partial charge is 0.311 e. The van der Waals surface area contributed by atoms with Crippen LogP contribution in [0, 0.1) is 6.92 Å². The number of Topliss-reactive ketones (excluding diaryl/α,β-unsaturated/α-hetero) is 2. The van der Waals surface area contributed by atoms with Gasteiger partial charge in [0.05, 0.1) is 0 Å². The average molecular weight is 501 g/mol. The van der Waals surface area contributed by atoms with Gasteiger partial charge < -0.3 is 9.47 Å². The molecule has 0 amide bonds. The van der Waals surface area contributed by atoms with Crippen LogP contribution in [0.3, 0.4) is 0 Å². The molecule has 0 spiro atoms. The molecule has 0 fully saturated rings. The van der Waals surface area contributed by atoms with E-state index in [1.807, 2.05) is 26.8 Å². The summed E-state index contributed by atoms with van der Waals surface area (Å²) < 4.78 is 11.3. The van der Waals surface area contributed by atoms with Crippen molar-refractivity contribution in [3.63, 3.8) is 0 Å². The Kier molecular flexibility index (Phi) is 8.17. The maximum absolute atomic E-state index is 13.9. The Morgan fingerprint density at radius 3 is 1.68 bits per heavy atom. The molecule has 0 bridgehead atoms. The van der Waals surface area contributed by atoms with Gasteiger partial charge in [-0.05, 0) is 36.3 Å². The summed E-state index contributed by atoms with van der Waals surface area (Å²) in [5, 5.41) is 1.74. The molecule has 2 aromatic carbocycles. The Morgan fingerprint density at radius 2 is 1.14 bits per heavy atom. The second kappa shape index (κ2) is 11.5. The van der Waals surface area contributed by atoms with E-state index in [0.29, 0.717) is 33.7 Å². The largest absolute Gasteiger partial charge is 0.422 e. The van der Waals surface area contributed by atoms with Crippen LogP contribution in [0.1, 0.15) is 70.8 Å².